The molecule has 2 heterocycles. The molecule has 1 aliphatic rings. The van der Waals surface area contributed by atoms with Crippen molar-refractivity contribution in [2.24, 2.45) is 0 Å². The maximum absolute atomic E-state index is 12.5. The van der Waals surface area contributed by atoms with E-state index in [0.29, 0.717) is 30.4 Å². The van der Waals surface area contributed by atoms with E-state index in [0.717, 1.165) is 19.4 Å². The van der Waals surface area contributed by atoms with E-state index in [1.807, 2.05) is 0 Å². The van der Waals surface area contributed by atoms with Gasteiger partial charge in [0.2, 0.25) is 0 Å². The summed E-state index contributed by atoms with van der Waals surface area (Å²) in [5.74, 6) is -0.487. The van der Waals surface area contributed by atoms with Crippen LogP contribution in [0.1, 0.15) is 41.0 Å². The van der Waals surface area contributed by atoms with E-state index in [1.54, 1.807) is 42.5 Å². The molecule has 1 saturated heterocycles. The minimum atomic E-state index is -0.414. The van der Waals surface area contributed by atoms with Gasteiger partial charge in [-0.25, -0.2) is 4.79 Å². The number of ether oxygens (including phenoxy) is 1. The monoisotopic (exact) mass is 359 g/mol. The Morgan fingerprint density at radius 2 is 2.12 bits per heavy atom. The van der Waals surface area contributed by atoms with Crippen LogP contribution >= 0.6 is 11.3 Å². The third-order valence-corrected chi connectivity index (χ3v) is 5.44. The molecular weight excluding hydrogens is 336 g/mol. The number of hydrogen-bond donors (Lipinski definition) is 2. The highest BCUT2D eigenvalue weighted by atomic mass is 32.1. The van der Waals surface area contributed by atoms with Gasteiger partial charge in [-0.1, -0.05) is 18.2 Å². The zero-order chi connectivity index (χ0) is 17.6. The molecule has 0 saturated carbocycles. The average Bonchev–Trinajstić information content (AvgIpc) is 3.26. The first kappa shape index (κ1) is 17.6. The van der Waals surface area contributed by atoms with Crippen molar-refractivity contribution in [2.75, 3.05) is 25.0 Å². The first-order chi connectivity index (χ1) is 12.2. The molecule has 2 atom stereocenters. The van der Waals surface area contributed by atoms with Crippen LogP contribution in [0.25, 0.3) is 0 Å². The second-order valence-electron chi connectivity index (χ2n) is 6.11. The Morgan fingerprint density at radius 3 is 2.88 bits per heavy atom. The van der Waals surface area contributed by atoms with E-state index in [9.17, 15) is 9.59 Å². The molecule has 1 unspecified atom stereocenters. The highest BCUT2D eigenvalue weighted by Gasteiger charge is 2.32. The van der Waals surface area contributed by atoms with E-state index in [2.05, 4.69) is 22.8 Å². The Kier molecular flexibility index (Phi) is 5.83. The number of para-hydroxylation sites is 1. The maximum atomic E-state index is 12.5. The number of quaternary nitrogens is 1. The van der Waals surface area contributed by atoms with Crippen LogP contribution in [0.4, 0.5) is 5.69 Å². The molecule has 0 bridgehead atoms. The quantitative estimate of drug-likeness (QED) is 0.778. The number of hydrogen-bond acceptors (Lipinski definition) is 4. The Morgan fingerprint density at radius 1 is 1.28 bits per heavy atom. The van der Waals surface area contributed by atoms with Crippen LogP contribution in [0.15, 0.2) is 41.8 Å². The van der Waals surface area contributed by atoms with Crippen molar-refractivity contribution in [1.29, 1.82) is 0 Å². The van der Waals surface area contributed by atoms with E-state index in [1.165, 1.54) is 9.78 Å². The second kappa shape index (κ2) is 8.27. The molecule has 1 aromatic carbocycles. The van der Waals surface area contributed by atoms with Crippen molar-refractivity contribution < 1.29 is 19.2 Å². The van der Waals surface area contributed by atoms with Crippen molar-refractivity contribution in [3.63, 3.8) is 0 Å². The minimum Gasteiger partial charge on any atom is -0.462 e. The topological polar surface area (TPSA) is 59.8 Å². The summed E-state index contributed by atoms with van der Waals surface area (Å²) >= 11 is 1.75. The Labute approximate surface area is 151 Å². The van der Waals surface area contributed by atoms with Crippen LogP contribution in [0, 0.1) is 0 Å². The van der Waals surface area contributed by atoms with Gasteiger partial charge in [-0.15, -0.1) is 11.3 Å². The molecule has 1 aromatic heterocycles. The molecule has 2 aromatic rings. The SMILES string of the molecule is CCOC(=O)c1ccccc1NC(=O)C[NH+]1CCC[C@H]1c1cccs1. The van der Waals surface area contributed by atoms with Crippen molar-refractivity contribution in [1.82, 2.24) is 0 Å². The van der Waals surface area contributed by atoms with Gasteiger partial charge in [-0.05, 0) is 30.5 Å². The first-order valence-electron chi connectivity index (χ1n) is 8.63. The summed E-state index contributed by atoms with van der Waals surface area (Å²) in [5.41, 5.74) is 0.904. The molecule has 1 aliphatic heterocycles. The summed E-state index contributed by atoms with van der Waals surface area (Å²) in [4.78, 5) is 27.2. The van der Waals surface area contributed by atoms with Gasteiger partial charge >= 0.3 is 5.97 Å². The Balaban J connectivity index is 1.66. The normalized spacial score (nSPS) is 19.6. The fourth-order valence-electron chi connectivity index (χ4n) is 3.34. The number of carbonyl (C=O) groups excluding carboxylic acids is 2. The lowest BCUT2D eigenvalue weighted by Gasteiger charge is -2.20. The number of likely N-dealkylation sites (tertiary alicyclic amines) is 1. The number of esters is 1. The van der Waals surface area contributed by atoms with Crippen molar-refractivity contribution in [3.05, 3.63) is 52.2 Å². The van der Waals surface area contributed by atoms with Gasteiger partial charge in [-0.2, -0.15) is 0 Å². The molecular formula is C19H23N2O3S+. The van der Waals surface area contributed by atoms with Crippen molar-refractivity contribution >= 4 is 28.9 Å². The summed E-state index contributed by atoms with van der Waals surface area (Å²) in [5, 5.41) is 4.97. The zero-order valence-corrected chi connectivity index (χ0v) is 15.1. The highest BCUT2D eigenvalue weighted by molar-refractivity contribution is 7.10. The largest absolute Gasteiger partial charge is 0.462 e. The standard InChI is InChI=1S/C19H22N2O3S/c1-2-24-19(23)14-7-3-4-8-15(14)20-18(22)13-21-11-5-9-16(21)17-10-6-12-25-17/h3-4,6-8,10,12,16H,2,5,9,11,13H2,1H3,(H,20,22)/p+1/t16-/m0/s1. The number of rotatable bonds is 6. The lowest BCUT2D eigenvalue weighted by Crippen LogP contribution is -3.11. The van der Waals surface area contributed by atoms with Crippen LogP contribution in [0.5, 0.6) is 0 Å². The summed E-state index contributed by atoms with van der Waals surface area (Å²) in [7, 11) is 0. The first-order valence-corrected chi connectivity index (χ1v) is 9.51. The lowest BCUT2D eigenvalue weighted by atomic mass is 10.1. The maximum Gasteiger partial charge on any atom is 0.340 e. The van der Waals surface area contributed by atoms with Gasteiger partial charge in [0.25, 0.3) is 5.91 Å². The molecule has 132 valence electrons. The molecule has 5 nitrogen and oxygen atoms in total. The van der Waals surface area contributed by atoms with Crippen LogP contribution in [0.2, 0.25) is 0 Å². The molecule has 1 fully saturated rings. The van der Waals surface area contributed by atoms with Gasteiger partial charge in [0, 0.05) is 12.8 Å². The predicted octanol–water partition coefficient (Wildman–Crippen LogP) is 2.28. The van der Waals surface area contributed by atoms with Gasteiger partial charge in [-0.3, -0.25) is 4.79 Å². The van der Waals surface area contributed by atoms with Crippen LogP contribution < -0.4 is 10.2 Å². The minimum absolute atomic E-state index is 0.0739. The summed E-state index contributed by atoms with van der Waals surface area (Å²) in [6, 6.07) is 11.6. The number of nitrogens with one attached hydrogen (secondary N) is 2. The fourth-order valence-corrected chi connectivity index (χ4v) is 4.26. The fraction of sp³-hybridized carbons (Fsp3) is 0.368. The highest BCUT2D eigenvalue weighted by Crippen LogP contribution is 2.23. The van der Waals surface area contributed by atoms with Gasteiger partial charge in [0.1, 0.15) is 6.04 Å². The van der Waals surface area contributed by atoms with Crippen molar-refractivity contribution in [3.8, 4) is 0 Å². The molecule has 3 rings (SSSR count). The number of amides is 1. The zero-order valence-electron chi connectivity index (χ0n) is 14.3. The number of benzene rings is 1. The van der Waals surface area contributed by atoms with E-state index in [-0.39, 0.29) is 5.91 Å². The Hall–Kier alpha value is -2.18. The van der Waals surface area contributed by atoms with E-state index < -0.39 is 5.97 Å². The predicted molar refractivity (Wildman–Crippen MR) is 98.0 cm³/mol. The second-order valence-corrected chi connectivity index (χ2v) is 7.09. The third kappa shape index (κ3) is 4.27. The summed E-state index contributed by atoms with van der Waals surface area (Å²) in [6.07, 6.45) is 2.24. The molecule has 0 radical (unpaired) electrons. The van der Waals surface area contributed by atoms with E-state index in [4.69, 9.17) is 4.74 Å². The average molecular weight is 359 g/mol. The van der Waals surface area contributed by atoms with Gasteiger partial charge < -0.3 is 15.0 Å². The molecule has 25 heavy (non-hydrogen) atoms. The third-order valence-electron chi connectivity index (χ3n) is 4.45. The van der Waals surface area contributed by atoms with Crippen LogP contribution in [-0.4, -0.2) is 31.6 Å². The Bertz CT molecular complexity index is 730. The summed E-state index contributed by atoms with van der Waals surface area (Å²) in [6.45, 7) is 3.47. The van der Waals surface area contributed by atoms with Gasteiger partial charge in [0.15, 0.2) is 6.54 Å². The molecule has 0 spiro atoms. The van der Waals surface area contributed by atoms with Crippen LogP contribution in [-0.2, 0) is 9.53 Å². The smallest absolute Gasteiger partial charge is 0.340 e. The van der Waals surface area contributed by atoms with Gasteiger partial charge in [0.05, 0.1) is 29.3 Å². The number of thiophene rings is 1. The lowest BCUT2D eigenvalue weighted by molar-refractivity contribution is -0.910. The number of carbonyl (C=O) groups is 2. The molecule has 0 aliphatic carbocycles. The molecule has 6 heteroatoms. The summed E-state index contributed by atoms with van der Waals surface area (Å²) < 4.78 is 5.06. The van der Waals surface area contributed by atoms with Crippen molar-refractivity contribution in [2.45, 2.75) is 25.8 Å². The van der Waals surface area contributed by atoms with Crippen LogP contribution in [0.3, 0.4) is 0 Å². The van der Waals surface area contributed by atoms with E-state index >= 15 is 0 Å². The molecule has 2 N–H and O–H groups in total. The molecule has 1 amide bonds. The number of anilines is 1.